The van der Waals surface area contributed by atoms with E-state index in [0.717, 1.165) is 22.4 Å². The van der Waals surface area contributed by atoms with Crippen LogP contribution in [0.25, 0.3) is 20.5 Å². The summed E-state index contributed by atoms with van der Waals surface area (Å²) >= 11 is 8.10. The van der Waals surface area contributed by atoms with Gasteiger partial charge in [0.05, 0.1) is 10.0 Å². The van der Waals surface area contributed by atoms with E-state index in [1.807, 2.05) is 47.7 Å². The van der Waals surface area contributed by atoms with Crippen molar-refractivity contribution in [3.05, 3.63) is 75.0 Å². The molecule has 0 bridgehead atoms. The molecule has 172 valence electrons. The van der Waals surface area contributed by atoms with E-state index in [9.17, 15) is 8.78 Å². The highest BCUT2D eigenvalue weighted by atomic mass is 32.1. The zero-order valence-corrected chi connectivity index (χ0v) is 21.5. The molecular weight excluding hydrogens is 485 g/mol. The Morgan fingerprint density at radius 3 is 2.38 bits per heavy atom. The summed E-state index contributed by atoms with van der Waals surface area (Å²) in [4.78, 5) is 6.04. The first-order valence-corrected chi connectivity index (χ1v) is 13.3. The molecule has 2 aromatic heterocycles. The lowest BCUT2D eigenvalue weighted by molar-refractivity contribution is 0.579. The quantitative estimate of drug-likeness (QED) is 0.105. The first-order valence-electron chi connectivity index (χ1n) is 11.3. The molecule has 0 unspecified atom stereocenters. The van der Waals surface area contributed by atoms with Crippen molar-refractivity contribution in [1.29, 1.82) is 0 Å². The maximum atomic E-state index is 14.8. The van der Waals surface area contributed by atoms with Crippen LogP contribution in [0.3, 0.4) is 0 Å². The second-order valence-corrected chi connectivity index (χ2v) is 10.4. The van der Waals surface area contributed by atoms with Crippen LogP contribution in [-0.4, -0.2) is 5.16 Å². The number of thiophene rings is 2. The van der Waals surface area contributed by atoms with Crippen molar-refractivity contribution in [2.24, 2.45) is 4.99 Å². The predicted molar refractivity (Wildman–Crippen MR) is 145 cm³/mol. The molecule has 0 aliphatic carbocycles. The number of hydrogen-bond donors (Lipinski definition) is 0. The van der Waals surface area contributed by atoms with Crippen LogP contribution in [0.15, 0.2) is 47.5 Å². The number of aryl methyl sites for hydroxylation is 1. The van der Waals surface area contributed by atoms with Crippen molar-refractivity contribution in [3.63, 3.8) is 0 Å². The summed E-state index contributed by atoms with van der Waals surface area (Å²) in [7, 11) is 0. The molecule has 4 aromatic rings. The number of hydrogen-bond acceptors (Lipinski definition) is 4. The molecule has 34 heavy (non-hydrogen) atoms. The van der Waals surface area contributed by atoms with Gasteiger partial charge in [0.25, 0.3) is 0 Å². The predicted octanol–water partition coefficient (Wildman–Crippen LogP) is 9.34. The first-order chi connectivity index (χ1) is 16.5. The van der Waals surface area contributed by atoms with Crippen LogP contribution in [0.4, 0.5) is 14.5 Å². The summed E-state index contributed by atoms with van der Waals surface area (Å²) in [6.07, 6.45) is 5.32. The van der Waals surface area contributed by atoms with Crippen molar-refractivity contribution in [1.82, 2.24) is 0 Å². The Kier molecular flexibility index (Phi) is 8.03. The maximum absolute atomic E-state index is 14.8. The van der Waals surface area contributed by atoms with Crippen molar-refractivity contribution in [2.45, 2.75) is 46.0 Å². The van der Waals surface area contributed by atoms with Gasteiger partial charge in [-0.25, -0.2) is 8.78 Å². The van der Waals surface area contributed by atoms with Crippen molar-refractivity contribution in [2.75, 3.05) is 0 Å². The number of thiocarbonyl (C=S) groups is 1. The summed E-state index contributed by atoms with van der Waals surface area (Å²) < 4.78 is 31.8. The second kappa shape index (κ2) is 11.2. The smallest absolute Gasteiger partial charge is 0.156 e. The minimum Gasteiger partial charge on any atom is -0.204 e. The number of nitrogens with zero attached hydrogens (tertiary/aromatic N) is 1. The van der Waals surface area contributed by atoms with Crippen LogP contribution in [0.5, 0.6) is 0 Å². The van der Waals surface area contributed by atoms with E-state index in [-0.39, 0.29) is 5.69 Å². The number of unbranched alkanes of at least 4 members (excludes halogenated alkanes) is 2. The van der Waals surface area contributed by atoms with Gasteiger partial charge in [-0.05, 0) is 78.5 Å². The topological polar surface area (TPSA) is 12.4 Å². The summed E-state index contributed by atoms with van der Waals surface area (Å²) in [5.74, 6) is 5.02. The number of isothiocyanates is 1. The molecule has 0 N–H and O–H groups in total. The molecule has 4 rings (SSSR count). The molecule has 0 radical (unpaired) electrons. The van der Waals surface area contributed by atoms with Crippen LogP contribution in [0.1, 0.15) is 54.0 Å². The normalized spacial score (nSPS) is 10.7. The minimum atomic E-state index is -0.753. The van der Waals surface area contributed by atoms with Crippen LogP contribution in [0, 0.1) is 23.5 Å². The van der Waals surface area contributed by atoms with E-state index < -0.39 is 11.6 Å². The molecule has 0 amide bonds. The van der Waals surface area contributed by atoms with E-state index in [2.05, 4.69) is 48.1 Å². The molecule has 0 aliphatic heterocycles. The summed E-state index contributed by atoms with van der Waals surface area (Å²) in [5, 5.41) is 2.05. The van der Waals surface area contributed by atoms with Gasteiger partial charge in [-0.2, -0.15) is 4.99 Å². The minimum absolute atomic E-state index is 0.387. The summed E-state index contributed by atoms with van der Waals surface area (Å²) in [5.41, 5.74) is 2.10. The summed E-state index contributed by atoms with van der Waals surface area (Å²) in [6, 6.07) is 13.2. The van der Waals surface area contributed by atoms with E-state index in [1.165, 1.54) is 39.6 Å². The van der Waals surface area contributed by atoms with Crippen LogP contribution < -0.4 is 0 Å². The average Bonchev–Trinajstić information content (AvgIpc) is 3.39. The van der Waals surface area contributed by atoms with Gasteiger partial charge >= 0.3 is 0 Å². The van der Waals surface area contributed by atoms with Crippen LogP contribution >= 0.6 is 34.9 Å². The highest BCUT2D eigenvalue weighted by Crippen LogP contribution is 2.35. The molecule has 1 nitrogen and oxygen atoms in total. The van der Waals surface area contributed by atoms with Gasteiger partial charge in [-0.15, -0.1) is 22.7 Å². The van der Waals surface area contributed by atoms with E-state index >= 15 is 0 Å². The highest BCUT2D eigenvalue weighted by molar-refractivity contribution is 7.78. The van der Waals surface area contributed by atoms with Crippen LogP contribution in [-0.2, 0) is 12.8 Å². The zero-order chi connectivity index (χ0) is 24.1. The van der Waals surface area contributed by atoms with E-state index in [0.29, 0.717) is 17.5 Å². The van der Waals surface area contributed by atoms with Crippen molar-refractivity contribution < 1.29 is 8.78 Å². The number of benzene rings is 2. The maximum Gasteiger partial charge on any atom is 0.156 e. The van der Waals surface area contributed by atoms with Gasteiger partial charge in [0, 0.05) is 19.8 Å². The van der Waals surface area contributed by atoms with Crippen LogP contribution in [0.2, 0.25) is 0 Å². The third-order valence-electron chi connectivity index (χ3n) is 5.62. The fraction of sp³-hybridized carbons (Fsp3) is 0.250. The number of aliphatic imine (C=N–C) groups is 1. The standard InChI is InChI=1S/C28H23F2NS3/c1-3-5-6-7-20-14-25-26(33-20)15-21(34-25)13-10-18-8-11-19(12-9-18)23-16-24(29)28(31-17-32)27(30)22(23)4-2/h8-9,11-12,14-16H,3-7H2,1-2H3. The molecule has 0 atom stereocenters. The van der Waals surface area contributed by atoms with Gasteiger partial charge in [0.15, 0.2) is 11.6 Å². The molecule has 2 heterocycles. The third kappa shape index (κ3) is 5.35. The Morgan fingerprint density at radius 2 is 1.71 bits per heavy atom. The monoisotopic (exact) mass is 507 g/mol. The molecule has 0 fully saturated rings. The molecule has 0 spiro atoms. The van der Waals surface area contributed by atoms with Gasteiger partial charge in [-0.1, -0.05) is 50.7 Å². The van der Waals surface area contributed by atoms with Crippen molar-refractivity contribution in [3.8, 4) is 23.0 Å². The lowest BCUT2D eigenvalue weighted by Gasteiger charge is -2.12. The fourth-order valence-corrected chi connectivity index (χ4v) is 6.30. The highest BCUT2D eigenvalue weighted by Gasteiger charge is 2.18. The Labute approximate surface area is 212 Å². The third-order valence-corrected chi connectivity index (χ3v) is 7.98. The number of halogens is 2. The molecule has 2 aromatic carbocycles. The summed E-state index contributed by atoms with van der Waals surface area (Å²) in [6.45, 7) is 4.05. The van der Waals surface area contributed by atoms with Gasteiger partial charge in [0.2, 0.25) is 0 Å². The largest absolute Gasteiger partial charge is 0.204 e. The molecule has 6 heteroatoms. The Bertz CT molecular complexity index is 1400. The first kappa shape index (κ1) is 24.4. The lowest BCUT2D eigenvalue weighted by atomic mass is 9.95. The number of fused-ring (bicyclic) bond motifs is 1. The molecule has 0 aliphatic rings. The Hall–Kier alpha value is -2.68. The lowest BCUT2D eigenvalue weighted by Crippen LogP contribution is -1.97. The number of rotatable bonds is 7. The SMILES string of the molecule is CCCCCc1cc2sc(C#Cc3ccc(-c4cc(F)c(N=C=S)c(F)c4CC)cc3)cc2s1. The Morgan fingerprint density at radius 1 is 0.941 bits per heavy atom. The fourth-order valence-electron chi connectivity index (χ4n) is 3.89. The zero-order valence-electron chi connectivity index (χ0n) is 19.0. The molecular formula is C28H23F2NS3. The second-order valence-electron chi connectivity index (χ2n) is 7.94. The Balaban J connectivity index is 1.54. The van der Waals surface area contributed by atoms with E-state index in [4.69, 9.17) is 0 Å². The van der Waals surface area contributed by atoms with Crippen molar-refractivity contribution >= 4 is 55.1 Å². The molecule has 0 saturated heterocycles. The van der Waals surface area contributed by atoms with E-state index in [1.54, 1.807) is 11.3 Å². The average molecular weight is 508 g/mol. The molecule has 0 saturated carbocycles. The van der Waals surface area contributed by atoms with Gasteiger partial charge in [0.1, 0.15) is 5.69 Å². The van der Waals surface area contributed by atoms with Gasteiger partial charge in [-0.3, -0.25) is 0 Å². The van der Waals surface area contributed by atoms with Gasteiger partial charge < -0.3 is 0 Å².